The molecule has 0 amide bonds. The molecule has 1 unspecified atom stereocenters. The fraction of sp³-hybridized carbons (Fsp3) is 0.455. The monoisotopic (exact) mass is 244 g/mol. The van der Waals surface area contributed by atoms with Crippen LogP contribution < -0.4 is 5.32 Å². The summed E-state index contributed by atoms with van der Waals surface area (Å²) in [5.74, 6) is 0. The van der Waals surface area contributed by atoms with Crippen molar-refractivity contribution < 1.29 is 0 Å². The van der Waals surface area contributed by atoms with Crippen molar-refractivity contribution in [3.05, 3.63) is 28.2 Å². The lowest BCUT2D eigenvalue weighted by atomic mass is 10.2. The molecular weight excluding hydrogens is 231 g/mol. The summed E-state index contributed by atoms with van der Waals surface area (Å²) >= 11 is 12.0. The molecule has 82 valence electrons. The lowest BCUT2D eigenvalue weighted by molar-refractivity contribution is 0.414. The molecule has 1 aromatic rings. The first kappa shape index (κ1) is 11.1. The third-order valence-electron chi connectivity index (χ3n) is 2.70. The minimum Gasteiger partial charge on any atom is -0.380 e. The van der Waals surface area contributed by atoms with E-state index in [0.29, 0.717) is 16.1 Å². The number of hydrogen-bond donors (Lipinski definition) is 1. The number of benzene rings is 1. The highest BCUT2D eigenvalue weighted by molar-refractivity contribution is 6.43. The summed E-state index contributed by atoms with van der Waals surface area (Å²) in [5, 5.41) is 4.65. The van der Waals surface area contributed by atoms with Gasteiger partial charge in [-0.05, 0) is 32.1 Å². The molecule has 1 saturated heterocycles. The van der Waals surface area contributed by atoms with Gasteiger partial charge >= 0.3 is 0 Å². The van der Waals surface area contributed by atoms with Crippen LogP contribution >= 0.6 is 23.2 Å². The zero-order valence-corrected chi connectivity index (χ0v) is 10.1. The Bertz CT molecular complexity index is 354. The number of likely N-dealkylation sites (tertiary alicyclic amines) is 1. The molecule has 1 N–H and O–H groups in total. The first-order chi connectivity index (χ1) is 7.16. The number of anilines is 1. The van der Waals surface area contributed by atoms with Crippen LogP contribution in [0.2, 0.25) is 10.0 Å². The second-order valence-electron chi connectivity index (χ2n) is 3.99. The number of nitrogens with one attached hydrogen (secondary N) is 1. The van der Waals surface area contributed by atoms with Crippen molar-refractivity contribution in [3.63, 3.8) is 0 Å². The number of likely N-dealkylation sites (N-methyl/N-ethyl adjacent to an activating group) is 1. The second-order valence-corrected chi connectivity index (χ2v) is 4.78. The third-order valence-corrected chi connectivity index (χ3v) is 3.52. The predicted molar refractivity (Wildman–Crippen MR) is 66.0 cm³/mol. The summed E-state index contributed by atoms with van der Waals surface area (Å²) in [5.41, 5.74) is 0.935. The van der Waals surface area contributed by atoms with Crippen LogP contribution in [0.1, 0.15) is 6.42 Å². The van der Waals surface area contributed by atoms with Crippen LogP contribution in [0.5, 0.6) is 0 Å². The zero-order valence-electron chi connectivity index (χ0n) is 8.63. The van der Waals surface area contributed by atoms with Crippen LogP contribution in [0.25, 0.3) is 0 Å². The number of halogens is 2. The molecule has 1 heterocycles. The summed E-state index contributed by atoms with van der Waals surface area (Å²) in [7, 11) is 2.13. The van der Waals surface area contributed by atoms with Gasteiger partial charge in [-0.1, -0.05) is 29.3 Å². The quantitative estimate of drug-likeness (QED) is 0.861. The molecule has 2 rings (SSSR count). The maximum absolute atomic E-state index is 6.10. The van der Waals surface area contributed by atoms with E-state index in [0.717, 1.165) is 25.2 Å². The lowest BCUT2D eigenvalue weighted by Crippen LogP contribution is -2.23. The molecule has 1 aromatic carbocycles. The molecular formula is C11H14Cl2N2. The summed E-state index contributed by atoms with van der Waals surface area (Å²) in [6.07, 6.45) is 1.15. The Morgan fingerprint density at radius 1 is 1.40 bits per heavy atom. The number of rotatable bonds is 2. The summed E-state index contributed by atoms with van der Waals surface area (Å²) in [6, 6.07) is 6.16. The van der Waals surface area contributed by atoms with Crippen molar-refractivity contribution in [2.45, 2.75) is 12.5 Å². The third kappa shape index (κ3) is 2.57. The van der Waals surface area contributed by atoms with Crippen molar-refractivity contribution in [1.82, 2.24) is 4.90 Å². The standard InChI is InChI=1S/C11H14Cl2N2/c1-15-6-5-8(7-15)14-10-4-2-3-9(12)11(10)13/h2-4,8,14H,5-7H2,1H3. The van der Waals surface area contributed by atoms with Gasteiger partial charge in [0.1, 0.15) is 0 Å². The smallest absolute Gasteiger partial charge is 0.0823 e. The first-order valence-electron chi connectivity index (χ1n) is 5.06. The molecule has 0 aromatic heterocycles. The topological polar surface area (TPSA) is 15.3 Å². The van der Waals surface area contributed by atoms with Crippen LogP contribution in [0.15, 0.2) is 18.2 Å². The maximum Gasteiger partial charge on any atom is 0.0823 e. The van der Waals surface area contributed by atoms with Crippen molar-refractivity contribution in [1.29, 1.82) is 0 Å². The highest BCUT2D eigenvalue weighted by atomic mass is 35.5. The highest BCUT2D eigenvalue weighted by Crippen LogP contribution is 2.30. The molecule has 4 heteroatoms. The molecule has 0 radical (unpaired) electrons. The lowest BCUT2D eigenvalue weighted by Gasteiger charge is -2.15. The van der Waals surface area contributed by atoms with Crippen LogP contribution in [-0.2, 0) is 0 Å². The molecule has 15 heavy (non-hydrogen) atoms. The molecule has 0 saturated carbocycles. The first-order valence-corrected chi connectivity index (χ1v) is 5.81. The predicted octanol–water partition coefficient (Wildman–Crippen LogP) is 3.11. The van der Waals surface area contributed by atoms with E-state index in [4.69, 9.17) is 23.2 Å². The van der Waals surface area contributed by atoms with Gasteiger partial charge in [0.05, 0.1) is 15.7 Å². The summed E-state index contributed by atoms with van der Waals surface area (Å²) < 4.78 is 0. The Morgan fingerprint density at radius 3 is 2.87 bits per heavy atom. The van der Waals surface area contributed by atoms with E-state index in [1.54, 1.807) is 6.07 Å². The molecule has 1 fully saturated rings. The van der Waals surface area contributed by atoms with Crippen LogP contribution in [0.3, 0.4) is 0 Å². The summed E-state index contributed by atoms with van der Waals surface area (Å²) in [6.45, 7) is 2.19. The average molecular weight is 245 g/mol. The van der Waals surface area contributed by atoms with Crippen LogP contribution in [-0.4, -0.2) is 31.1 Å². The van der Waals surface area contributed by atoms with Gasteiger partial charge in [-0.25, -0.2) is 0 Å². The fourth-order valence-electron chi connectivity index (χ4n) is 1.89. The van der Waals surface area contributed by atoms with E-state index in [1.165, 1.54) is 0 Å². The van der Waals surface area contributed by atoms with E-state index in [1.807, 2.05) is 12.1 Å². The molecule has 1 aliphatic heterocycles. The van der Waals surface area contributed by atoms with Gasteiger partial charge in [0.15, 0.2) is 0 Å². The number of nitrogens with zero attached hydrogens (tertiary/aromatic N) is 1. The van der Waals surface area contributed by atoms with Gasteiger partial charge in [0.25, 0.3) is 0 Å². The van der Waals surface area contributed by atoms with Crippen molar-refractivity contribution in [2.75, 3.05) is 25.5 Å². The van der Waals surface area contributed by atoms with E-state index >= 15 is 0 Å². The number of hydrogen-bond acceptors (Lipinski definition) is 2. The Kier molecular flexibility index (Phi) is 3.39. The normalized spacial score (nSPS) is 21.9. The van der Waals surface area contributed by atoms with Gasteiger partial charge in [-0.3, -0.25) is 0 Å². The average Bonchev–Trinajstić information content (AvgIpc) is 2.59. The molecule has 2 nitrogen and oxygen atoms in total. The van der Waals surface area contributed by atoms with Crippen LogP contribution in [0.4, 0.5) is 5.69 Å². The minimum absolute atomic E-state index is 0.478. The van der Waals surface area contributed by atoms with Gasteiger partial charge in [0, 0.05) is 12.6 Å². The van der Waals surface area contributed by atoms with Gasteiger partial charge < -0.3 is 10.2 Å². The molecule has 0 bridgehead atoms. The fourth-order valence-corrected chi connectivity index (χ4v) is 2.24. The Hall–Kier alpha value is -0.440. The molecule has 1 aliphatic rings. The van der Waals surface area contributed by atoms with Crippen molar-refractivity contribution in [2.24, 2.45) is 0 Å². The SMILES string of the molecule is CN1CCC(Nc2cccc(Cl)c2Cl)C1. The highest BCUT2D eigenvalue weighted by Gasteiger charge is 2.19. The van der Waals surface area contributed by atoms with Gasteiger partial charge in [-0.2, -0.15) is 0 Å². The largest absolute Gasteiger partial charge is 0.380 e. The van der Waals surface area contributed by atoms with Gasteiger partial charge in [0.2, 0.25) is 0 Å². The van der Waals surface area contributed by atoms with Crippen molar-refractivity contribution in [3.8, 4) is 0 Å². The minimum atomic E-state index is 0.478. The molecule has 1 atom stereocenters. The Balaban J connectivity index is 2.07. The van der Waals surface area contributed by atoms with Crippen LogP contribution in [0, 0.1) is 0 Å². The Labute approximate surface area is 100 Å². The zero-order chi connectivity index (χ0) is 10.8. The van der Waals surface area contributed by atoms with E-state index in [-0.39, 0.29) is 0 Å². The van der Waals surface area contributed by atoms with E-state index in [2.05, 4.69) is 17.3 Å². The van der Waals surface area contributed by atoms with Crippen molar-refractivity contribution >= 4 is 28.9 Å². The van der Waals surface area contributed by atoms with E-state index in [9.17, 15) is 0 Å². The molecule has 0 aliphatic carbocycles. The van der Waals surface area contributed by atoms with Gasteiger partial charge in [-0.15, -0.1) is 0 Å². The Morgan fingerprint density at radius 2 is 2.20 bits per heavy atom. The van der Waals surface area contributed by atoms with E-state index < -0.39 is 0 Å². The maximum atomic E-state index is 6.10. The second kappa shape index (κ2) is 4.60. The summed E-state index contributed by atoms with van der Waals surface area (Å²) in [4.78, 5) is 2.30. The molecule has 0 spiro atoms.